The summed E-state index contributed by atoms with van der Waals surface area (Å²) in [6, 6.07) is 11.0. The summed E-state index contributed by atoms with van der Waals surface area (Å²) in [6.45, 7) is 1.78. The Hall–Kier alpha value is -4.78. The van der Waals surface area contributed by atoms with Gasteiger partial charge in [0.05, 0.1) is 41.3 Å². The fraction of sp³-hybridized carbons (Fsp3) is 0.0800. The molecule has 0 saturated heterocycles. The molecule has 0 aliphatic heterocycles. The number of pyridine rings is 1. The Bertz CT molecular complexity index is 1810. The lowest BCUT2D eigenvalue weighted by Crippen LogP contribution is -2.10. The monoisotopic (exact) mass is 538 g/mol. The minimum absolute atomic E-state index is 0.0522. The molecule has 0 atom stereocenters. The van der Waals surface area contributed by atoms with Crippen LogP contribution in [0.15, 0.2) is 60.9 Å². The fourth-order valence-corrected chi connectivity index (χ4v) is 4.40. The first-order chi connectivity index (χ1) is 18.0. The third-order valence-electron chi connectivity index (χ3n) is 5.62. The van der Waals surface area contributed by atoms with Gasteiger partial charge in [0.15, 0.2) is 0 Å². The third-order valence-corrected chi connectivity index (χ3v) is 6.21. The maximum Gasteiger partial charge on any atom is 0.229 e. The number of ketones is 1. The molecule has 0 aliphatic rings. The van der Waals surface area contributed by atoms with Gasteiger partial charge in [-0.3, -0.25) is 9.52 Å². The quantitative estimate of drug-likeness (QED) is 0.262. The van der Waals surface area contributed by atoms with E-state index in [0.717, 1.165) is 12.3 Å². The topological polar surface area (TPSA) is 145 Å². The molecule has 0 bridgehead atoms. The summed E-state index contributed by atoms with van der Waals surface area (Å²) >= 11 is 0. The molecule has 5 rings (SSSR count). The second-order valence-corrected chi connectivity index (χ2v) is 10.3. The Morgan fingerprint density at radius 1 is 1.11 bits per heavy atom. The number of benzene rings is 2. The lowest BCUT2D eigenvalue weighted by molar-refractivity contribution is 0.103. The van der Waals surface area contributed by atoms with Crippen LogP contribution in [0.1, 0.15) is 21.6 Å². The fourth-order valence-electron chi connectivity index (χ4n) is 3.85. The molecule has 2 aromatic carbocycles. The van der Waals surface area contributed by atoms with Crippen molar-refractivity contribution in [3.63, 3.8) is 0 Å². The number of nitrogen functional groups attached to an aromatic ring is 1. The first-order valence-corrected chi connectivity index (χ1v) is 13.0. The summed E-state index contributed by atoms with van der Waals surface area (Å²) in [5, 5.41) is 4.61. The second-order valence-electron chi connectivity index (χ2n) is 8.53. The number of aromatic amines is 1. The van der Waals surface area contributed by atoms with Crippen LogP contribution < -0.4 is 15.2 Å². The van der Waals surface area contributed by atoms with Crippen LogP contribution in [0.25, 0.3) is 16.6 Å². The number of nitrogens with one attached hydrogen (secondary N) is 2. The van der Waals surface area contributed by atoms with Crippen molar-refractivity contribution in [2.45, 2.75) is 6.92 Å². The van der Waals surface area contributed by atoms with Crippen LogP contribution >= 0.6 is 0 Å². The average molecular weight is 539 g/mol. The van der Waals surface area contributed by atoms with E-state index in [2.05, 4.69) is 19.8 Å². The lowest BCUT2D eigenvalue weighted by Gasteiger charge is -2.10. The summed E-state index contributed by atoms with van der Waals surface area (Å²) in [5.41, 5.74) is 7.77. The molecule has 0 amide bonds. The van der Waals surface area contributed by atoms with Gasteiger partial charge >= 0.3 is 0 Å². The van der Waals surface area contributed by atoms with E-state index in [-0.39, 0.29) is 34.5 Å². The molecule has 194 valence electrons. The molecule has 4 N–H and O–H groups in total. The van der Waals surface area contributed by atoms with Crippen LogP contribution in [0.3, 0.4) is 0 Å². The van der Waals surface area contributed by atoms with Crippen molar-refractivity contribution >= 4 is 38.2 Å². The zero-order valence-corrected chi connectivity index (χ0v) is 20.8. The smallest absolute Gasteiger partial charge is 0.229 e. The number of sulfonamides is 1. The molecule has 0 fully saturated rings. The Morgan fingerprint density at radius 2 is 1.84 bits per heavy atom. The molecular weight excluding hydrogens is 518 g/mol. The Labute approximate surface area is 215 Å². The summed E-state index contributed by atoms with van der Waals surface area (Å²) in [7, 11) is -3.70. The van der Waals surface area contributed by atoms with Crippen LogP contribution in [0.5, 0.6) is 11.6 Å². The highest BCUT2D eigenvalue weighted by molar-refractivity contribution is 7.92. The normalized spacial score (nSPS) is 11.6. The molecule has 0 radical (unpaired) electrons. The maximum absolute atomic E-state index is 14.4. The number of hydrogen-bond acceptors (Lipinski definition) is 7. The van der Waals surface area contributed by atoms with Gasteiger partial charge in [0.25, 0.3) is 0 Å². The number of fused-ring (bicyclic) bond motifs is 1. The molecule has 0 saturated carbocycles. The summed E-state index contributed by atoms with van der Waals surface area (Å²) in [6.07, 6.45) is 3.70. The van der Waals surface area contributed by atoms with Crippen LogP contribution in [0, 0.1) is 18.6 Å². The number of nitrogens with zero attached hydrogens (tertiary/aromatic N) is 3. The van der Waals surface area contributed by atoms with Gasteiger partial charge < -0.3 is 15.5 Å². The van der Waals surface area contributed by atoms with E-state index in [1.54, 1.807) is 13.0 Å². The van der Waals surface area contributed by atoms with E-state index < -0.39 is 21.6 Å². The molecule has 0 unspecified atom stereocenters. The van der Waals surface area contributed by atoms with Crippen LogP contribution in [0.4, 0.5) is 20.3 Å². The van der Waals surface area contributed by atoms with Gasteiger partial charge in [-0.05, 0) is 55.0 Å². The lowest BCUT2D eigenvalue weighted by atomic mass is 10.1. The summed E-state index contributed by atoms with van der Waals surface area (Å²) in [4.78, 5) is 20.3. The Morgan fingerprint density at radius 3 is 2.53 bits per heavy atom. The van der Waals surface area contributed by atoms with Crippen molar-refractivity contribution in [2.75, 3.05) is 16.7 Å². The predicted octanol–water partition coefficient (Wildman–Crippen LogP) is 4.31. The van der Waals surface area contributed by atoms with Crippen LogP contribution in [0.2, 0.25) is 0 Å². The van der Waals surface area contributed by atoms with Crippen molar-refractivity contribution in [1.82, 2.24) is 19.7 Å². The number of aryl methyl sites for hydroxylation is 1. The van der Waals surface area contributed by atoms with Gasteiger partial charge in [-0.2, -0.15) is 5.10 Å². The summed E-state index contributed by atoms with van der Waals surface area (Å²) < 4.78 is 59.6. The number of halogens is 2. The molecule has 38 heavy (non-hydrogen) atoms. The number of H-pyrrole nitrogens is 1. The average Bonchev–Trinajstić information content (AvgIpc) is 3.43. The van der Waals surface area contributed by atoms with Gasteiger partial charge in [0.2, 0.25) is 21.7 Å². The van der Waals surface area contributed by atoms with Gasteiger partial charge in [-0.15, -0.1) is 0 Å². The van der Waals surface area contributed by atoms with Gasteiger partial charge in [-0.25, -0.2) is 26.9 Å². The first-order valence-electron chi connectivity index (χ1n) is 11.1. The van der Waals surface area contributed by atoms with Crippen LogP contribution in [-0.4, -0.2) is 40.2 Å². The number of nitrogens with two attached hydrogens (primary N) is 1. The number of hydrogen-bond donors (Lipinski definition) is 3. The van der Waals surface area contributed by atoms with E-state index in [9.17, 15) is 22.0 Å². The van der Waals surface area contributed by atoms with E-state index in [4.69, 9.17) is 10.5 Å². The molecule has 5 aromatic rings. The minimum Gasteiger partial charge on any atom is -0.439 e. The Balaban J connectivity index is 1.42. The van der Waals surface area contributed by atoms with Crippen molar-refractivity contribution in [2.24, 2.45) is 0 Å². The predicted molar refractivity (Wildman–Crippen MR) is 137 cm³/mol. The SMILES string of the molecule is Cc1cc(Oc2ccc(F)cc2)ncc1-n1ncc(C(=O)c2cc3cc(F)c(NS(C)(=O)=O)cc3[nH]2)c1N. The van der Waals surface area contributed by atoms with Crippen LogP contribution in [-0.2, 0) is 10.0 Å². The standard InChI is InChI=1S/C25H20F2N6O4S/c1-13-7-23(37-16-5-3-15(26)4-6-16)29-12-22(13)33-25(28)17(11-30-33)24(34)21-9-14-8-18(27)20(10-19(14)31-21)32-38(2,35)36/h3-12,31-32H,28H2,1-2H3. The molecular formula is C25H20F2N6O4S. The molecule has 3 heterocycles. The van der Waals surface area contributed by atoms with Crippen molar-refractivity contribution in [3.8, 4) is 17.3 Å². The number of anilines is 2. The highest BCUT2D eigenvalue weighted by atomic mass is 32.2. The van der Waals surface area contributed by atoms with E-state index in [1.165, 1.54) is 53.5 Å². The van der Waals surface area contributed by atoms with Gasteiger partial charge in [-0.1, -0.05) is 0 Å². The second kappa shape index (κ2) is 9.27. The molecule has 0 aliphatic carbocycles. The number of carbonyl (C=O) groups excluding carboxylic acids is 1. The maximum atomic E-state index is 14.4. The van der Waals surface area contributed by atoms with Crippen molar-refractivity contribution in [1.29, 1.82) is 0 Å². The molecule has 10 nitrogen and oxygen atoms in total. The number of ether oxygens (including phenoxy) is 1. The third kappa shape index (κ3) is 4.91. The van der Waals surface area contributed by atoms with Crippen molar-refractivity contribution in [3.05, 3.63) is 89.4 Å². The van der Waals surface area contributed by atoms with E-state index >= 15 is 0 Å². The van der Waals surface area contributed by atoms with Crippen molar-refractivity contribution < 1.29 is 26.7 Å². The number of rotatable bonds is 7. The van der Waals surface area contributed by atoms with E-state index in [0.29, 0.717) is 27.9 Å². The highest BCUT2D eigenvalue weighted by Crippen LogP contribution is 2.28. The van der Waals surface area contributed by atoms with E-state index in [1.807, 2.05) is 0 Å². The highest BCUT2D eigenvalue weighted by Gasteiger charge is 2.21. The number of carbonyl (C=O) groups is 1. The van der Waals surface area contributed by atoms with Gasteiger partial charge in [0.1, 0.15) is 23.2 Å². The zero-order chi connectivity index (χ0) is 27.2. The minimum atomic E-state index is -3.70. The number of aromatic nitrogens is 4. The zero-order valence-electron chi connectivity index (χ0n) is 20.0. The molecule has 3 aromatic heterocycles. The molecule has 13 heteroatoms. The Kier molecular flexibility index (Phi) is 6.07. The molecule has 0 spiro atoms. The summed E-state index contributed by atoms with van der Waals surface area (Å²) in [5.74, 6) is -0.932. The van der Waals surface area contributed by atoms with Gasteiger partial charge in [0, 0.05) is 17.0 Å². The first kappa shape index (κ1) is 24.9. The largest absolute Gasteiger partial charge is 0.439 e.